The zero-order valence-corrected chi connectivity index (χ0v) is 16.0. The number of Topliss-reactive ketones (excluding diaryl/α,β-unsaturated/α-hetero) is 1. The molecule has 3 N–H and O–H groups in total. The lowest BCUT2D eigenvalue weighted by atomic mass is 10.1. The van der Waals surface area contributed by atoms with E-state index >= 15 is 0 Å². The van der Waals surface area contributed by atoms with Gasteiger partial charge in [0, 0.05) is 23.2 Å². The van der Waals surface area contributed by atoms with Crippen LogP contribution in [0.15, 0.2) is 48.5 Å². The van der Waals surface area contributed by atoms with Crippen molar-refractivity contribution in [2.24, 2.45) is 5.73 Å². The van der Waals surface area contributed by atoms with Gasteiger partial charge in [-0.15, -0.1) is 0 Å². The van der Waals surface area contributed by atoms with E-state index in [0.717, 1.165) is 0 Å². The molecule has 0 radical (unpaired) electrons. The standard InChI is InChI=1S/C21H22N2O6/c1-14(24)15-6-10-18(11-7-15)28-12-2-3-20(26)29-13-19(25)23-17-8-4-16(5-9-17)21(22)27/h4-11H,2-3,12-13H2,1H3,(H2,22,27)(H,23,25). The number of esters is 1. The molecule has 0 saturated heterocycles. The molecule has 8 heteroatoms. The van der Waals surface area contributed by atoms with Crippen molar-refractivity contribution >= 4 is 29.3 Å². The Labute approximate surface area is 168 Å². The molecule has 0 atom stereocenters. The fourth-order valence-corrected chi connectivity index (χ4v) is 2.33. The van der Waals surface area contributed by atoms with Gasteiger partial charge in [0.15, 0.2) is 12.4 Å². The van der Waals surface area contributed by atoms with Gasteiger partial charge in [0.1, 0.15) is 5.75 Å². The van der Waals surface area contributed by atoms with Crippen molar-refractivity contribution in [2.45, 2.75) is 19.8 Å². The zero-order chi connectivity index (χ0) is 21.2. The van der Waals surface area contributed by atoms with E-state index in [1.54, 1.807) is 24.3 Å². The van der Waals surface area contributed by atoms with Crippen LogP contribution in [0.2, 0.25) is 0 Å². The third kappa shape index (κ3) is 7.45. The fourth-order valence-electron chi connectivity index (χ4n) is 2.33. The van der Waals surface area contributed by atoms with Gasteiger partial charge in [0.25, 0.3) is 5.91 Å². The first-order valence-corrected chi connectivity index (χ1v) is 8.94. The monoisotopic (exact) mass is 398 g/mol. The number of carbonyl (C=O) groups is 4. The summed E-state index contributed by atoms with van der Waals surface area (Å²) >= 11 is 0. The zero-order valence-electron chi connectivity index (χ0n) is 16.0. The number of anilines is 1. The molecule has 0 heterocycles. The highest BCUT2D eigenvalue weighted by Crippen LogP contribution is 2.13. The Bertz CT molecular complexity index is 875. The first kappa shape index (κ1) is 21.6. The Morgan fingerprint density at radius 3 is 2.14 bits per heavy atom. The van der Waals surface area contributed by atoms with Gasteiger partial charge in [-0.3, -0.25) is 19.2 Å². The van der Waals surface area contributed by atoms with Gasteiger partial charge in [-0.25, -0.2) is 0 Å². The number of nitrogens with two attached hydrogens (primary N) is 1. The molecule has 0 bridgehead atoms. The smallest absolute Gasteiger partial charge is 0.306 e. The second-order valence-corrected chi connectivity index (χ2v) is 6.18. The van der Waals surface area contributed by atoms with Crippen molar-refractivity contribution in [3.05, 3.63) is 59.7 Å². The number of rotatable bonds is 10. The maximum atomic E-state index is 11.8. The van der Waals surface area contributed by atoms with Crippen LogP contribution in [-0.2, 0) is 14.3 Å². The number of hydrogen-bond acceptors (Lipinski definition) is 6. The summed E-state index contributed by atoms with van der Waals surface area (Å²) in [6.07, 6.45) is 0.523. The van der Waals surface area contributed by atoms with E-state index in [4.69, 9.17) is 15.2 Å². The predicted octanol–water partition coefficient (Wildman–Crippen LogP) is 2.33. The number of ketones is 1. The van der Waals surface area contributed by atoms with Crippen LogP contribution in [0.5, 0.6) is 5.75 Å². The average Bonchev–Trinajstić information content (AvgIpc) is 2.70. The molecule has 0 unspecified atom stereocenters. The molecular weight excluding hydrogens is 376 g/mol. The van der Waals surface area contributed by atoms with E-state index in [2.05, 4.69) is 5.32 Å². The van der Waals surface area contributed by atoms with Gasteiger partial charge >= 0.3 is 5.97 Å². The Balaban J connectivity index is 1.63. The predicted molar refractivity (Wildman–Crippen MR) is 106 cm³/mol. The fraction of sp³-hybridized carbons (Fsp3) is 0.238. The highest BCUT2D eigenvalue weighted by molar-refractivity contribution is 5.95. The maximum absolute atomic E-state index is 11.8. The van der Waals surface area contributed by atoms with E-state index in [0.29, 0.717) is 35.6 Å². The Kier molecular flexibility index (Phi) is 7.90. The van der Waals surface area contributed by atoms with Crippen LogP contribution in [0.1, 0.15) is 40.5 Å². The lowest BCUT2D eigenvalue weighted by Crippen LogP contribution is -2.21. The Morgan fingerprint density at radius 2 is 1.55 bits per heavy atom. The second-order valence-electron chi connectivity index (χ2n) is 6.18. The topological polar surface area (TPSA) is 125 Å². The minimum atomic E-state index is -0.561. The summed E-state index contributed by atoms with van der Waals surface area (Å²) in [6.45, 7) is 1.37. The van der Waals surface area contributed by atoms with Crippen molar-refractivity contribution < 1.29 is 28.7 Å². The molecule has 29 heavy (non-hydrogen) atoms. The Hall–Kier alpha value is -3.68. The van der Waals surface area contributed by atoms with Crippen LogP contribution >= 0.6 is 0 Å². The van der Waals surface area contributed by atoms with Crippen LogP contribution in [0, 0.1) is 0 Å². The normalized spacial score (nSPS) is 10.1. The summed E-state index contributed by atoms with van der Waals surface area (Å²) in [6, 6.07) is 12.7. The Morgan fingerprint density at radius 1 is 0.931 bits per heavy atom. The van der Waals surface area contributed by atoms with Gasteiger partial charge < -0.3 is 20.5 Å². The average molecular weight is 398 g/mol. The summed E-state index contributed by atoms with van der Waals surface area (Å²) < 4.78 is 10.4. The molecule has 2 aromatic carbocycles. The molecule has 0 aliphatic carbocycles. The lowest BCUT2D eigenvalue weighted by Gasteiger charge is -2.08. The molecule has 2 rings (SSSR count). The molecule has 2 aromatic rings. The largest absolute Gasteiger partial charge is 0.494 e. The lowest BCUT2D eigenvalue weighted by molar-refractivity contribution is -0.147. The third-order valence-electron chi connectivity index (χ3n) is 3.87. The summed E-state index contributed by atoms with van der Waals surface area (Å²) in [5.41, 5.74) is 6.52. The first-order valence-electron chi connectivity index (χ1n) is 8.94. The maximum Gasteiger partial charge on any atom is 0.306 e. The van der Waals surface area contributed by atoms with Crippen molar-refractivity contribution in [1.82, 2.24) is 0 Å². The number of amides is 2. The molecule has 8 nitrogen and oxygen atoms in total. The molecule has 0 fully saturated rings. The molecule has 0 aromatic heterocycles. The van der Waals surface area contributed by atoms with Crippen LogP contribution in [-0.4, -0.2) is 36.8 Å². The highest BCUT2D eigenvalue weighted by Gasteiger charge is 2.09. The van der Waals surface area contributed by atoms with Crippen LogP contribution in [0.4, 0.5) is 5.69 Å². The summed E-state index contributed by atoms with van der Waals surface area (Å²) in [5, 5.41) is 2.55. The van der Waals surface area contributed by atoms with Crippen LogP contribution in [0.25, 0.3) is 0 Å². The van der Waals surface area contributed by atoms with Crippen LogP contribution < -0.4 is 15.8 Å². The van der Waals surface area contributed by atoms with Gasteiger partial charge in [-0.2, -0.15) is 0 Å². The van der Waals surface area contributed by atoms with Crippen molar-refractivity contribution in [3.8, 4) is 5.75 Å². The number of hydrogen-bond donors (Lipinski definition) is 2. The van der Waals surface area contributed by atoms with E-state index < -0.39 is 24.4 Å². The summed E-state index contributed by atoms with van der Waals surface area (Å²) in [5.74, 6) is -0.989. The molecule has 0 aliphatic heterocycles. The van der Waals surface area contributed by atoms with E-state index in [-0.39, 0.29) is 12.2 Å². The minimum Gasteiger partial charge on any atom is -0.494 e. The van der Waals surface area contributed by atoms with Crippen molar-refractivity contribution in [1.29, 1.82) is 0 Å². The van der Waals surface area contributed by atoms with Crippen LogP contribution in [0.3, 0.4) is 0 Å². The SMILES string of the molecule is CC(=O)c1ccc(OCCCC(=O)OCC(=O)Nc2ccc(C(N)=O)cc2)cc1. The van der Waals surface area contributed by atoms with E-state index in [1.165, 1.54) is 31.2 Å². The first-order chi connectivity index (χ1) is 13.8. The van der Waals surface area contributed by atoms with Crippen molar-refractivity contribution in [3.63, 3.8) is 0 Å². The highest BCUT2D eigenvalue weighted by atomic mass is 16.5. The second kappa shape index (κ2) is 10.6. The van der Waals surface area contributed by atoms with Gasteiger partial charge in [-0.1, -0.05) is 0 Å². The number of benzene rings is 2. The number of primary amides is 1. The number of carbonyl (C=O) groups excluding carboxylic acids is 4. The third-order valence-corrected chi connectivity index (χ3v) is 3.87. The molecule has 152 valence electrons. The molecular formula is C21H22N2O6. The molecule has 0 aliphatic rings. The summed E-state index contributed by atoms with van der Waals surface area (Å²) in [4.78, 5) is 45.7. The number of ether oxygens (including phenoxy) is 2. The van der Waals surface area contributed by atoms with Gasteiger partial charge in [0.05, 0.1) is 6.61 Å². The van der Waals surface area contributed by atoms with E-state index in [1.807, 2.05) is 0 Å². The molecule has 0 spiro atoms. The molecule has 2 amide bonds. The molecule has 0 saturated carbocycles. The van der Waals surface area contributed by atoms with Gasteiger partial charge in [-0.05, 0) is 61.9 Å². The minimum absolute atomic E-state index is 0.0222. The summed E-state index contributed by atoms with van der Waals surface area (Å²) in [7, 11) is 0. The van der Waals surface area contributed by atoms with E-state index in [9.17, 15) is 19.2 Å². The van der Waals surface area contributed by atoms with Gasteiger partial charge in [0.2, 0.25) is 5.91 Å². The van der Waals surface area contributed by atoms with Crippen molar-refractivity contribution in [2.75, 3.05) is 18.5 Å². The quantitative estimate of drug-likeness (QED) is 0.359. The number of nitrogens with one attached hydrogen (secondary N) is 1.